The molecule has 0 radical (unpaired) electrons. The summed E-state index contributed by atoms with van der Waals surface area (Å²) in [5, 5.41) is 12.3. The predicted molar refractivity (Wildman–Crippen MR) is 69.7 cm³/mol. The van der Waals surface area contributed by atoms with Gasteiger partial charge in [-0.1, -0.05) is 12.1 Å². The lowest BCUT2D eigenvalue weighted by Gasteiger charge is -2.18. The molecule has 94 valence electrons. The second-order valence-electron chi connectivity index (χ2n) is 4.49. The highest BCUT2D eigenvalue weighted by Gasteiger charge is 2.10. The normalized spacial score (nSPS) is 12.5. The number of carboxylic acids is 1. The van der Waals surface area contributed by atoms with Crippen LogP contribution in [0.1, 0.15) is 23.7 Å². The van der Waals surface area contributed by atoms with Crippen molar-refractivity contribution in [2.75, 3.05) is 26.0 Å². The summed E-state index contributed by atoms with van der Waals surface area (Å²) in [5.74, 6) is -0.895. The number of benzene rings is 1. The molecule has 1 rings (SSSR count). The van der Waals surface area contributed by atoms with E-state index in [4.69, 9.17) is 5.11 Å². The molecule has 0 saturated carbocycles. The first-order valence-electron chi connectivity index (χ1n) is 5.74. The van der Waals surface area contributed by atoms with Crippen molar-refractivity contribution in [1.82, 2.24) is 4.90 Å². The highest BCUT2D eigenvalue weighted by Crippen LogP contribution is 2.16. The van der Waals surface area contributed by atoms with Crippen LogP contribution < -0.4 is 5.32 Å². The van der Waals surface area contributed by atoms with Crippen LogP contribution in [0.3, 0.4) is 0 Å². The van der Waals surface area contributed by atoms with Crippen LogP contribution in [0, 0.1) is 0 Å². The summed E-state index contributed by atoms with van der Waals surface area (Å²) in [4.78, 5) is 13.1. The first kappa shape index (κ1) is 13.5. The fourth-order valence-corrected chi connectivity index (χ4v) is 1.58. The molecule has 0 aromatic heterocycles. The molecule has 4 nitrogen and oxygen atoms in total. The molecule has 2 N–H and O–H groups in total. The van der Waals surface area contributed by atoms with Gasteiger partial charge in [-0.2, -0.15) is 0 Å². The molecule has 1 unspecified atom stereocenters. The molecule has 0 amide bonds. The van der Waals surface area contributed by atoms with E-state index >= 15 is 0 Å². The lowest BCUT2D eigenvalue weighted by atomic mass is 10.1. The molecule has 0 spiro atoms. The Kier molecular flexibility index (Phi) is 4.97. The van der Waals surface area contributed by atoms with Gasteiger partial charge in [0, 0.05) is 11.7 Å². The summed E-state index contributed by atoms with van der Waals surface area (Å²) in [6.45, 7) is 3.03. The maximum Gasteiger partial charge on any atom is 0.337 e. The van der Waals surface area contributed by atoms with Crippen molar-refractivity contribution < 1.29 is 9.90 Å². The molecule has 4 heteroatoms. The Labute approximate surface area is 102 Å². The van der Waals surface area contributed by atoms with E-state index in [0.717, 1.165) is 13.0 Å². The summed E-state index contributed by atoms with van der Waals surface area (Å²) in [7, 11) is 4.05. The zero-order chi connectivity index (χ0) is 12.8. The second kappa shape index (κ2) is 6.25. The minimum absolute atomic E-state index is 0.248. The van der Waals surface area contributed by atoms with Gasteiger partial charge in [0.2, 0.25) is 0 Å². The van der Waals surface area contributed by atoms with Crippen molar-refractivity contribution in [2.45, 2.75) is 19.4 Å². The second-order valence-corrected chi connectivity index (χ2v) is 4.49. The maximum atomic E-state index is 11.0. The summed E-state index contributed by atoms with van der Waals surface area (Å²) in [5.41, 5.74) is 1.01. The topological polar surface area (TPSA) is 52.6 Å². The van der Waals surface area contributed by atoms with Crippen molar-refractivity contribution in [3.05, 3.63) is 29.8 Å². The molecule has 0 saturated heterocycles. The monoisotopic (exact) mass is 236 g/mol. The summed E-state index contributed by atoms with van der Waals surface area (Å²) in [6, 6.07) is 7.24. The quantitative estimate of drug-likeness (QED) is 0.794. The zero-order valence-corrected chi connectivity index (χ0v) is 10.6. The molecule has 0 fully saturated rings. The van der Waals surface area contributed by atoms with Crippen molar-refractivity contribution in [1.29, 1.82) is 0 Å². The van der Waals surface area contributed by atoms with Gasteiger partial charge in [-0.25, -0.2) is 4.79 Å². The van der Waals surface area contributed by atoms with Gasteiger partial charge in [-0.05, 0) is 46.1 Å². The lowest BCUT2D eigenvalue weighted by Crippen LogP contribution is -2.23. The third kappa shape index (κ3) is 4.44. The van der Waals surface area contributed by atoms with E-state index in [1.165, 1.54) is 0 Å². The van der Waals surface area contributed by atoms with Crippen LogP contribution in [-0.2, 0) is 0 Å². The molecule has 1 aromatic carbocycles. The molecule has 0 heterocycles. The van der Waals surface area contributed by atoms with E-state index in [1.54, 1.807) is 18.2 Å². The van der Waals surface area contributed by atoms with Gasteiger partial charge in [0.05, 0.1) is 5.56 Å². The number of rotatable bonds is 6. The molecule has 0 aliphatic carbocycles. The summed E-state index contributed by atoms with van der Waals surface area (Å²) >= 11 is 0. The fraction of sp³-hybridized carbons (Fsp3) is 0.462. The van der Waals surface area contributed by atoms with Gasteiger partial charge < -0.3 is 15.3 Å². The number of para-hydroxylation sites is 1. The highest BCUT2D eigenvalue weighted by molar-refractivity contribution is 5.94. The molecular formula is C13H20N2O2. The number of carboxylic acid groups (broad SMARTS) is 1. The Morgan fingerprint density at radius 3 is 2.65 bits per heavy atom. The third-order valence-corrected chi connectivity index (χ3v) is 2.57. The summed E-state index contributed by atoms with van der Waals surface area (Å²) in [6.07, 6.45) is 0.973. The maximum absolute atomic E-state index is 11.0. The van der Waals surface area contributed by atoms with Crippen LogP contribution in [0.25, 0.3) is 0 Å². The van der Waals surface area contributed by atoms with E-state index in [-0.39, 0.29) is 6.04 Å². The average Bonchev–Trinajstić information content (AvgIpc) is 2.27. The summed E-state index contributed by atoms with van der Waals surface area (Å²) < 4.78 is 0. The Hall–Kier alpha value is -1.55. The largest absolute Gasteiger partial charge is 0.478 e. The van der Waals surface area contributed by atoms with Crippen molar-refractivity contribution in [3.8, 4) is 0 Å². The molecule has 1 aromatic rings. The van der Waals surface area contributed by atoms with Crippen molar-refractivity contribution >= 4 is 11.7 Å². The van der Waals surface area contributed by atoms with Crippen molar-refractivity contribution in [2.24, 2.45) is 0 Å². The number of hydrogen-bond donors (Lipinski definition) is 2. The van der Waals surface area contributed by atoms with Crippen molar-refractivity contribution in [3.63, 3.8) is 0 Å². The van der Waals surface area contributed by atoms with Crippen LogP contribution in [-0.4, -0.2) is 42.7 Å². The smallest absolute Gasteiger partial charge is 0.337 e. The van der Waals surface area contributed by atoms with Crippen LogP contribution in [0.4, 0.5) is 5.69 Å². The van der Waals surface area contributed by atoms with Crippen LogP contribution >= 0.6 is 0 Å². The number of nitrogens with one attached hydrogen (secondary N) is 1. The Balaban J connectivity index is 2.64. The van der Waals surface area contributed by atoms with E-state index < -0.39 is 5.97 Å². The Morgan fingerprint density at radius 2 is 2.06 bits per heavy atom. The molecule has 17 heavy (non-hydrogen) atoms. The first-order chi connectivity index (χ1) is 8.00. The minimum Gasteiger partial charge on any atom is -0.478 e. The lowest BCUT2D eigenvalue weighted by molar-refractivity contribution is 0.0698. The average molecular weight is 236 g/mol. The predicted octanol–water partition coefficient (Wildman–Crippen LogP) is 2.14. The van der Waals surface area contributed by atoms with E-state index in [1.807, 2.05) is 20.2 Å². The van der Waals surface area contributed by atoms with E-state index in [2.05, 4.69) is 17.1 Å². The van der Waals surface area contributed by atoms with Crippen LogP contribution in [0.5, 0.6) is 0 Å². The standard InChI is InChI=1S/C13H20N2O2/c1-10(8-9-15(2)3)14-12-7-5-4-6-11(12)13(16)17/h4-7,10,14H,8-9H2,1-3H3,(H,16,17). The van der Waals surface area contributed by atoms with Gasteiger partial charge in [-0.3, -0.25) is 0 Å². The number of carbonyl (C=O) groups is 1. The molecule has 1 atom stereocenters. The third-order valence-electron chi connectivity index (χ3n) is 2.57. The van der Waals surface area contributed by atoms with Gasteiger partial charge in [0.15, 0.2) is 0 Å². The fourth-order valence-electron chi connectivity index (χ4n) is 1.58. The number of anilines is 1. The first-order valence-corrected chi connectivity index (χ1v) is 5.74. The number of aromatic carboxylic acids is 1. The van der Waals surface area contributed by atoms with Crippen LogP contribution in [0.2, 0.25) is 0 Å². The van der Waals surface area contributed by atoms with Gasteiger partial charge in [0.25, 0.3) is 0 Å². The van der Waals surface area contributed by atoms with E-state index in [0.29, 0.717) is 11.3 Å². The van der Waals surface area contributed by atoms with Gasteiger partial charge in [0.1, 0.15) is 0 Å². The number of nitrogens with zero attached hydrogens (tertiary/aromatic N) is 1. The Morgan fingerprint density at radius 1 is 1.41 bits per heavy atom. The molecular weight excluding hydrogens is 216 g/mol. The van der Waals surface area contributed by atoms with Crippen LogP contribution in [0.15, 0.2) is 24.3 Å². The van der Waals surface area contributed by atoms with Gasteiger partial charge >= 0.3 is 5.97 Å². The zero-order valence-electron chi connectivity index (χ0n) is 10.6. The Bertz CT molecular complexity index is 377. The molecule has 0 aliphatic rings. The van der Waals surface area contributed by atoms with E-state index in [9.17, 15) is 4.79 Å². The minimum atomic E-state index is -0.895. The number of hydrogen-bond acceptors (Lipinski definition) is 3. The molecule has 0 bridgehead atoms. The highest BCUT2D eigenvalue weighted by atomic mass is 16.4. The molecule has 0 aliphatic heterocycles. The van der Waals surface area contributed by atoms with Gasteiger partial charge in [-0.15, -0.1) is 0 Å². The SMILES string of the molecule is CC(CCN(C)C)Nc1ccccc1C(=O)O.